The summed E-state index contributed by atoms with van der Waals surface area (Å²) in [6, 6.07) is 9.02. The number of benzene rings is 1. The van der Waals surface area contributed by atoms with Gasteiger partial charge in [0.2, 0.25) is 0 Å². The molecule has 0 spiro atoms. The molecule has 4 heteroatoms. The van der Waals surface area contributed by atoms with Gasteiger partial charge < -0.3 is 10.6 Å². The molecule has 2 aromatic rings. The number of thiophene rings is 1. The van der Waals surface area contributed by atoms with Crippen LogP contribution in [0.1, 0.15) is 36.4 Å². The molecular formula is C15H19FN2S. The summed E-state index contributed by atoms with van der Waals surface area (Å²) >= 11 is 1.72. The fraction of sp³-hybridized carbons (Fsp3) is 0.333. The SMILES string of the molecule is CC(c1cccs1)N(C)c1ccc(F)cc1[C@H](C)N. The number of hydrogen-bond acceptors (Lipinski definition) is 3. The second kappa shape index (κ2) is 5.72. The molecule has 1 aromatic carbocycles. The van der Waals surface area contributed by atoms with E-state index in [1.54, 1.807) is 17.4 Å². The molecule has 102 valence electrons. The lowest BCUT2D eigenvalue weighted by atomic mass is 10.0. The largest absolute Gasteiger partial charge is 0.367 e. The second-order valence-electron chi connectivity index (χ2n) is 4.79. The Kier molecular flexibility index (Phi) is 4.22. The van der Waals surface area contributed by atoms with Gasteiger partial charge in [-0.25, -0.2) is 4.39 Å². The van der Waals surface area contributed by atoms with Crippen molar-refractivity contribution in [2.75, 3.05) is 11.9 Å². The van der Waals surface area contributed by atoms with E-state index in [1.165, 1.54) is 17.0 Å². The average Bonchev–Trinajstić information content (AvgIpc) is 2.90. The monoisotopic (exact) mass is 278 g/mol. The summed E-state index contributed by atoms with van der Waals surface area (Å²) in [6.07, 6.45) is 0. The number of hydrogen-bond donors (Lipinski definition) is 1. The molecule has 1 unspecified atom stereocenters. The van der Waals surface area contributed by atoms with E-state index in [2.05, 4.69) is 23.3 Å². The Labute approximate surface area is 117 Å². The zero-order valence-electron chi connectivity index (χ0n) is 11.4. The predicted molar refractivity (Wildman–Crippen MR) is 80.1 cm³/mol. The third-order valence-corrected chi connectivity index (χ3v) is 4.44. The first-order valence-corrected chi connectivity index (χ1v) is 7.20. The number of anilines is 1. The second-order valence-corrected chi connectivity index (χ2v) is 5.77. The Balaban J connectivity index is 2.35. The van der Waals surface area contributed by atoms with Crippen LogP contribution >= 0.6 is 11.3 Å². The van der Waals surface area contributed by atoms with Crippen LogP contribution in [0.3, 0.4) is 0 Å². The summed E-state index contributed by atoms with van der Waals surface area (Å²) < 4.78 is 13.4. The molecule has 1 heterocycles. The van der Waals surface area contributed by atoms with Crippen molar-refractivity contribution in [3.8, 4) is 0 Å². The van der Waals surface area contributed by atoms with Gasteiger partial charge in [-0.05, 0) is 49.1 Å². The highest BCUT2D eigenvalue weighted by molar-refractivity contribution is 7.10. The molecule has 0 aliphatic heterocycles. The van der Waals surface area contributed by atoms with Crippen molar-refractivity contribution in [1.29, 1.82) is 0 Å². The highest BCUT2D eigenvalue weighted by Gasteiger charge is 2.18. The van der Waals surface area contributed by atoms with Gasteiger partial charge in [-0.3, -0.25) is 0 Å². The van der Waals surface area contributed by atoms with E-state index in [0.717, 1.165) is 11.3 Å². The standard InChI is InChI=1S/C15H19FN2S/c1-10(17)13-9-12(16)6-7-14(13)18(3)11(2)15-5-4-8-19-15/h4-11H,17H2,1-3H3/t10-,11?/m0/s1. The van der Waals surface area contributed by atoms with Crippen LogP contribution in [-0.4, -0.2) is 7.05 Å². The van der Waals surface area contributed by atoms with Crippen molar-refractivity contribution in [3.05, 3.63) is 52.0 Å². The van der Waals surface area contributed by atoms with Gasteiger partial charge in [-0.15, -0.1) is 11.3 Å². The van der Waals surface area contributed by atoms with Crippen molar-refractivity contribution < 1.29 is 4.39 Å². The Morgan fingerprint density at radius 1 is 1.26 bits per heavy atom. The maximum atomic E-state index is 13.4. The summed E-state index contributed by atoms with van der Waals surface area (Å²) in [5.74, 6) is -0.242. The molecule has 0 aliphatic rings. The van der Waals surface area contributed by atoms with Crippen LogP contribution in [0.4, 0.5) is 10.1 Å². The molecule has 2 nitrogen and oxygen atoms in total. The molecule has 2 rings (SSSR count). The fourth-order valence-electron chi connectivity index (χ4n) is 2.14. The van der Waals surface area contributed by atoms with Crippen molar-refractivity contribution in [1.82, 2.24) is 0 Å². The third-order valence-electron chi connectivity index (χ3n) is 3.40. The Hall–Kier alpha value is -1.39. The Morgan fingerprint density at radius 2 is 2.00 bits per heavy atom. The van der Waals surface area contributed by atoms with Gasteiger partial charge in [0.15, 0.2) is 0 Å². The van der Waals surface area contributed by atoms with E-state index < -0.39 is 0 Å². The summed E-state index contributed by atoms with van der Waals surface area (Å²) in [6.45, 7) is 4.02. The van der Waals surface area contributed by atoms with Gasteiger partial charge in [0.1, 0.15) is 5.82 Å². The Bertz CT molecular complexity index is 537. The van der Waals surface area contributed by atoms with Crippen LogP contribution in [0.25, 0.3) is 0 Å². The molecule has 0 bridgehead atoms. The minimum Gasteiger partial charge on any atom is -0.367 e. The lowest BCUT2D eigenvalue weighted by molar-refractivity contribution is 0.620. The van der Waals surface area contributed by atoms with Crippen LogP contribution in [0.2, 0.25) is 0 Å². The summed E-state index contributed by atoms with van der Waals surface area (Å²) in [5.41, 5.74) is 7.77. The summed E-state index contributed by atoms with van der Waals surface area (Å²) in [4.78, 5) is 3.42. The molecule has 0 aliphatic carbocycles. The zero-order chi connectivity index (χ0) is 14.0. The zero-order valence-corrected chi connectivity index (χ0v) is 12.2. The minimum atomic E-state index is -0.242. The fourth-order valence-corrected chi connectivity index (χ4v) is 2.97. The number of nitrogens with zero attached hydrogens (tertiary/aromatic N) is 1. The van der Waals surface area contributed by atoms with Crippen LogP contribution in [0.5, 0.6) is 0 Å². The number of halogens is 1. The quantitative estimate of drug-likeness (QED) is 0.912. The van der Waals surface area contributed by atoms with Gasteiger partial charge in [0.05, 0.1) is 6.04 Å². The van der Waals surface area contributed by atoms with E-state index in [1.807, 2.05) is 20.0 Å². The molecule has 1 aromatic heterocycles. The molecule has 2 N–H and O–H groups in total. The highest BCUT2D eigenvalue weighted by Crippen LogP contribution is 2.32. The van der Waals surface area contributed by atoms with E-state index in [4.69, 9.17) is 5.73 Å². The first-order chi connectivity index (χ1) is 9.00. The third kappa shape index (κ3) is 2.96. The van der Waals surface area contributed by atoms with E-state index in [9.17, 15) is 4.39 Å². The van der Waals surface area contributed by atoms with Gasteiger partial charge >= 0.3 is 0 Å². The maximum Gasteiger partial charge on any atom is 0.123 e. The van der Waals surface area contributed by atoms with E-state index in [0.29, 0.717) is 0 Å². The van der Waals surface area contributed by atoms with Crippen molar-refractivity contribution in [2.45, 2.75) is 25.9 Å². The van der Waals surface area contributed by atoms with Crippen LogP contribution < -0.4 is 10.6 Å². The highest BCUT2D eigenvalue weighted by atomic mass is 32.1. The lowest BCUT2D eigenvalue weighted by Gasteiger charge is -2.29. The van der Waals surface area contributed by atoms with Gasteiger partial charge in [-0.2, -0.15) is 0 Å². The Morgan fingerprint density at radius 3 is 2.58 bits per heavy atom. The lowest BCUT2D eigenvalue weighted by Crippen LogP contribution is -2.23. The van der Waals surface area contributed by atoms with Crippen LogP contribution in [0.15, 0.2) is 35.7 Å². The maximum absolute atomic E-state index is 13.4. The van der Waals surface area contributed by atoms with Gasteiger partial charge in [-0.1, -0.05) is 6.07 Å². The molecular weight excluding hydrogens is 259 g/mol. The smallest absolute Gasteiger partial charge is 0.123 e. The molecule has 0 fully saturated rings. The van der Waals surface area contributed by atoms with Crippen molar-refractivity contribution >= 4 is 17.0 Å². The topological polar surface area (TPSA) is 29.3 Å². The van der Waals surface area contributed by atoms with Crippen molar-refractivity contribution in [2.24, 2.45) is 5.73 Å². The van der Waals surface area contributed by atoms with Gasteiger partial charge in [0, 0.05) is 23.7 Å². The predicted octanol–water partition coefficient (Wildman–Crippen LogP) is 4.10. The molecule has 2 atom stereocenters. The number of nitrogens with two attached hydrogens (primary N) is 1. The molecule has 0 saturated heterocycles. The first-order valence-electron chi connectivity index (χ1n) is 6.32. The summed E-state index contributed by atoms with van der Waals surface area (Å²) in [7, 11) is 2.02. The molecule has 0 radical (unpaired) electrons. The van der Waals surface area contributed by atoms with Crippen LogP contribution in [0, 0.1) is 5.82 Å². The first kappa shape index (κ1) is 14.0. The van der Waals surface area contributed by atoms with Gasteiger partial charge in [0.25, 0.3) is 0 Å². The van der Waals surface area contributed by atoms with E-state index in [-0.39, 0.29) is 17.9 Å². The van der Waals surface area contributed by atoms with E-state index >= 15 is 0 Å². The summed E-state index contributed by atoms with van der Waals surface area (Å²) in [5, 5.41) is 2.07. The molecule has 0 amide bonds. The molecule has 0 saturated carbocycles. The van der Waals surface area contributed by atoms with Crippen molar-refractivity contribution in [3.63, 3.8) is 0 Å². The molecule has 19 heavy (non-hydrogen) atoms. The minimum absolute atomic E-state index is 0.191. The number of rotatable bonds is 4. The normalized spacial score (nSPS) is 14.2. The average molecular weight is 278 g/mol. The van der Waals surface area contributed by atoms with Crippen LogP contribution in [-0.2, 0) is 0 Å².